The van der Waals surface area contributed by atoms with Gasteiger partial charge in [0.2, 0.25) is 5.76 Å². The van der Waals surface area contributed by atoms with E-state index in [1.165, 1.54) is 6.08 Å². The quantitative estimate of drug-likeness (QED) is 0.327. The van der Waals surface area contributed by atoms with E-state index in [-0.39, 0.29) is 5.76 Å². The zero-order valence-electron chi connectivity index (χ0n) is 10.2. The Morgan fingerprint density at radius 1 is 1.44 bits per heavy atom. The van der Waals surface area contributed by atoms with E-state index in [9.17, 15) is 20.1 Å². The van der Waals surface area contributed by atoms with Crippen LogP contribution < -0.4 is 0 Å². The normalized spacial score (nSPS) is 22.2. The number of cyclic esters (lactones) is 1. The minimum Gasteiger partial charge on any atom is -0.510 e. The number of hydrogen-bond donors (Lipinski definition) is 4. The summed E-state index contributed by atoms with van der Waals surface area (Å²) in [7, 11) is 0. The molecular formula is C12H18O6. The Morgan fingerprint density at radius 2 is 2.11 bits per heavy atom. The first-order valence-corrected chi connectivity index (χ1v) is 5.89. The number of hydrogen-bond acceptors (Lipinski definition) is 6. The Labute approximate surface area is 105 Å². The summed E-state index contributed by atoms with van der Waals surface area (Å²) in [6.07, 6.45) is 1.88. The Hall–Kier alpha value is -1.69. The van der Waals surface area contributed by atoms with E-state index in [1.807, 2.05) is 6.92 Å². The fraction of sp³-hybridized carbons (Fsp3) is 0.583. The predicted octanol–water partition coefficient (Wildman–Crippen LogP) is 1.62. The molecule has 0 aromatic rings. The van der Waals surface area contributed by atoms with E-state index in [4.69, 9.17) is 5.11 Å². The minimum atomic E-state index is -1.57. The summed E-state index contributed by atoms with van der Waals surface area (Å²) >= 11 is 0. The molecule has 0 radical (unpaired) electrons. The summed E-state index contributed by atoms with van der Waals surface area (Å²) in [5.74, 6) is -3.20. The second-order valence-electron chi connectivity index (χ2n) is 4.13. The summed E-state index contributed by atoms with van der Waals surface area (Å²) in [6.45, 7) is 2.04. The van der Waals surface area contributed by atoms with Crippen LogP contribution in [0.4, 0.5) is 0 Å². The number of carbonyl (C=O) groups excluding carboxylic acids is 1. The average molecular weight is 258 g/mol. The van der Waals surface area contributed by atoms with Crippen LogP contribution in [0.5, 0.6) is 0 Å². The molecule has 2 atom stereocenters. The van der Waals surface area contributed by atoms with Gasteiger partial charge in [-0.2, -0.15) is 0 Å². The molecule has 0 aliphatic carbocycles. The summed E-state index contributed by atoms with van der Waals surface area (Å²) in [4.78, 5) is 10.9. The summed E-state index contributed by atoms with van der Waals surface area (Å²) < 4.78 is 4.53. The van der Waals surface area contributed by atoms with Crippen molar-refractivity contribution in [2.75, 3.05) is 0 Å². The largest absolute Gasteiger partial charge is 0.510 e. The smallest absolute Gasteiger partial charge is 0.378 e. The van der Waals surface area contributed by atoms with E-state index in [0.717, 1.165) is 19.3 Å². The van der Waals surface area contributed by atoms with Gasteiger partial charge in [-0.25, -0.2) is 4.79 Å². The highest BCUT2D eigenvalue weighted by molar-refractivity contribution is 5.89. The van der Waals surface area contributed by atoms with Gasteiger partial charge in [0.1, 0.15) is 5.76 Å². The molecule has 0 aromatic carbocycles. The lowest BCUT2D eigenvalue weighted by molar-refractivity contribution is -0.146. The van der Waals surface area contributed by atoms with Crippen LogP contribution in [0.25, 0.3) is 0 Å². The van der Waals surface area contributed by atoms with Gasteiger partial charge >= 0.3 is 5.97 Å². The van der Waals surface area contributed by atoms with Crippen LogP contribution in [0.2, 0.25) is 0 Å². The van der Waals surface area contributed by atoms with Crippen LogP contribution in [0.15, 0.2) is 23.4 Å². The van der Waals surface area contributed by atoms with Crippen molar-refractivity contribution >= 4 is 5.97 Å². The first-order valence-electron chi connectivity index (χ1n) is 5.89. The molecule has 6 heteroatoms. The van der Waals surface area contributed by atoms with Crippen LogP contribution in [0.1, 0.15) is 32.6 Å². The van der Waals surface area contributed by atoms with Crippen molar-refractivity contribution < 1.29 is 30.0 Å². The second-order valence-corrected chi connectivity index (χ2v) is 4.13. The number of aliphatic hydroxyl groups is 4. The van der Waals surface area contributed by atoms with Gasteiger partial charge in [0.15, 0.2) is 18.0 Å². The van der Waals surface area contributed by atoms with Crippen LogP contribution >= 0.6 is 0 Å². The van der Waals surface area contributed by atoms with Gasteiger partial charge in [-0.05, 0) is 18.9 Å². The molecule has 102 valence electrons. The van der Waals surface area contributed by atoms with Gasteiger partial charge in [0, 0.05) is 0 Å². The van der Waals surface area contributed by atoms with Crippen molar-refractivity contribution in [3.63, 3.8) is 0 Å². The van der Waals surface area contributed by atoms with Crippen LogP contribution in [-0.2, 0) is 9.53 Å². The van der Waals surface area contributed by atoms with Gasteiger partial charge in [0.25, 0.3) is 0 Å². The first-order chi connectivity index (χ1) is 8.49. The molecule has 0 amide bonds. The molecule has 0 unspecified atom stereocenters. The van der Waals surface area contributed by atoms with E-state index in [2.05, 4.69) is 4.74 Å². The third-order valence-electron chi connectivity index (χ3n) is 2.69. The molecule has 0 spiro atoms. The lowest BCUT2D eigenvalue weighted by Crippen LogP contribution is -2.30. The number of carbonyl (C=O) groups is 1. The van der Waals surface area contributed by atoms with Gasteiger partial charge in [-0.3, -0.25) is 0 Å². The Balaban J connectivity index is 2.60. The molecule has 0 bridgehead atoms. The number of esters is 1. The monoisotopic (exact) mass is 258 g/mol. The molecular weight excluding hydrogens is 240 g/mol. The molecule has 0 aromatic heterocycles. The summed E-state index contributed by atoms with van der Waals surface area (Å²) in [5.41, 5.74) is 0. The van der Waals surface area contributed by atoms with Gasteiger partial charge < -0.3 is 25.2 Å². The van der Waals surface area contributed by atoms with Gasteiger partial charge in [-0.1, -0.05) is 19.8 Å². The van der Waals surface area contributed by atoms with Crippen molar-refractivity contribution in [3.8, 4) is 0 Å². The SMILES string of the molecule is CCCCCC=C(O)[C@H](O)[C@H]1OC(=O)C(O)=C1O. The molecule has 0 saturated carbocycles. The molecule has 0 fully saturated rings. The van der Waals surface area contributed by atoms with Gasteiger partial charge in [0.05, 0.1) is 0 Å². The number of ether oxygens (including phenoxy) is 1. The zero-order valence-corrected chi connectivity index (χ0v) is 10.2. The molecule has 1 heterocycles. The Morgan fingerprint density at radius 3 is 2.61 bits per heavy atom. The minimum absolute atomic E-state index is 0.384. The molecule has 1 rings (SSSR count). The molecule has 0 saturated heterocycles. The molecule has 1 aliphatic heterocycles. The molecule has 1 aliphatic rings. The maximum absolute atomic E-state index is 10.9. The van der Waals surface area contributed by atoms with E-state index >= 15 is 0 Å². The van der Waals surface area contributed by atoms with Crippen LogP contribution in [0, 0.1) is 0 Å². The summed E-state index contributed by atoms with van der Waals surface area (Å²) in [6, 6.07) is 0. The maximum Gasteiger partial charge on any atom is 0.378 e. The van der Waals surface area contributed by atoms with Crippen LogP contribution in [0.3, 0.4) is 0 Å². The fourth-order valence-electron chi connectivity index (χ4n) is 1.60. The fourth-order valence-corrected chi connectivity index (χ4v) is 1.60. The lowest BCUT2D eigenvalue weighted by Gasteiger charge is -2.16. The first kappa shape index (κ1) is 14.4. The third kappa shape index (κ3) is 3.16. The number of allylic oxidation sites excluding steroid dienone is 1. The topological polar surface area (TPSA) is 107 Å². The average Bonchev–Trinajstić information content (AvgIpc) is 2.61. The standard InChI is InChI=1S/C12H18O6/c1-2-3-4-5-6-7(13)8(14)11-9(15)10(16)12(17)18-11/h6,8,11,13-16H,2-5H2,1H3/t8-,11+/m0/s1. The Kier molecular flexibility index (Phi) is 5.03. The van der Waals surface area contributed by atoms with E-state index in [1.54, 1.807) is 0 Å². The Bertz CT molecular complexity index is 371. The molecule has 6 nitrogen and oxygen atoms in total. The highest BCUT2D eigenvalue weighted by atomic mass is 16.6. The lowest BCUT2D eigenvalue weighted by atomic mass is 10.1. The third-order valence-corrected chi connectivity index (χ3v) is 2.69. The number of aliphatic hydroxyl groups excluding tert-OH is 4. The van der Waals surface area contributed by atoms with Gasteiger partial charge in [-0.15, -0.1) is 0 Å². The van der Waals surface area contributed by atoms with Crippen LogP contribution in [-0.4, -0.2) is 38.6 Å². The zero-order chi connectivity index (χ0) is 13.7. The predicted molar refractivity (Wildman–Crippen MR) is 63.0 cm³/mol. The van der Waals surface area contributed by atoms with Crippen molar-refractivity contribution in [1.82, 2.24) is 0 Å². The summed E-state index contributed by atoms with van der Waals surface area (Å²) in [5, 5.41) is 37.6. The second kappa shape index (κ2) is 6.30. The molecule has 18 heavy (non-hydrogen) atoms. The van der Waals surface area contributed by atoms with Crippen molar-refractivity contribution in [2.24, 2.45) is 0 Å². The van der Waals surface area contributed by atoms with Crippen molar-refractivity contribution in [3.05, 3.63) is 23.4 Å². The van der Waals surface area contributed by atoms with E-state index in [0.29, 0.717) is 6.42 Å². The number of unbranched alkanes of at least 4 members (excludes halogenated alkanes) is 3. The highest BCUT2D eigenvalue weighted by Crippen LogP contribution is 2.24. The molecule has 4 N–H and O–H groups in total. The van der Waals surface area contributed by atoms with E-state index < -0.39 is 29.7 Å². The maximum atomic E-state index is 10.9. The van der Waals surface area contributed by atoms with Crippen molar-refractivity contribution in [2.45, 2.75) is 44.8 Å². The van der Waals surface area contributed by atoms with Crippen molar-refractivity contribution in [1.29, 1.82) is 0 Å². The number of rotatable bonds is 6. The highest BCUT2D eigenvalue weighted by Gasteiger charge is 2.40.